The van der Waals surface area contributed by atoms with E-state index in [1.165, 1.54) is 6.07 Å². The minimum atomic E-state index is -1.00. The summed E-state index contributed by atoms with van der Waals surface area (Å²) in [5.41, 5.74) is 0.300. The van der Waals surface area contributed by atoms with E-state index in [0.29, 0.717) is 17.1 Å². The van der Waals surface area contributed by atoms with Gasteiger partial charge in [-0.05, 0) is 38.0 Å². The van der Waals surface area contributed by atoms with Crippen LogP contribution in [0.2, 0.25) is 5.02 Å². The van der Waals surface area contributed by atoms with E-state index < -0.39 is 5.97 Å². The highest BCUT2D eigenvalue weighted by Crippen LogP contribution is 2.27. The minimum Gasteiger partial charge on any atom is -0.478 e. The predicted octanol–water partition coefficient (Wildman–Crippen LogP) is 3.00. The second kappa shape index (κ2) is 6.07. The van der Waals surface area contributed by atoms with Gasteiger partial charge in [-0.3, -0.25) is 0 Å². The van der Waals surface area contributed by atoms with Gasteiger partial charge in [-0.1, -0.05) is 18.5 Å². The molecule has 1 rings (SSSR count). The number of aliphatic hydroxyl groups is 1. The minimum absolute atomic E-state index is 0.0420. The number of aromatic carboxylic acids is 1. The van der Waals surface area contributed by atoms with Crippen LogP contribution in [0.1, 0.15) is 37.0 Å². The van der Waals surface area contributed by atoms with Crippen LogP contribution in [0, 0.1) is 0 Å². The van der Waals surface area contributed by atoms with Crippen molar-refractivity contribution >= 4 is 23.3 Å². The maximum Gasteiger partial charge on any atom is 0.337 e. The van der Waals surface area contributed by atoms with E-state index in [-0.39, 0.29) is 17.7 Å². The van der Waals surface area contributed by atoms with Crippen LogP contribution in [0.25, 0.3) is 0 Å². The van der Waals surface area contributed by atoms with Crippen LogP contribution < -0.4 is 5.32 Å². The molecular formula is C13H18ClNO3. The SMILES string of the molecule is CCC(C)(CCO)Nc1cc(Cl)ccc1C(=O)O. The summed E-state index contributed by atoms with van der Waals surface area (Å²) in [5.74, 6) is -1.00. The van der Waals surface area contributed by atoms with E-state index >= 15 is 0 Å². The molecule has 1 aromatic carbocycles. The van der Waals surface area contributed by atoms with E-state index in [1.54, 1.807) is 12.1 Å². The molecule has 1 atom stereocenters. The summed E-state index contributed by atoms with van der Waals surface area (Å²) in [5, 5.41) is 21.8. The molecule has 0 bridgehead atoms. The Bertz CT molecular complexity index is 436. The Kier molecular flexibility index (Phi) is 4.99. The van der Waals surface area contributed by atoms with Gasteiger partial charge in [0.1, 0.15) is 0 Å². The highest BCUT2D eigenvalue weighted by molar-refractivity contribution is 6.31. The summed E-state index contributed by atoms with van der Waals surface area (Å²) in [6.07, 6.45) is 1.30. The highest BCUT2D eigenvalue weighted by atomic mass is 35.5. The molecule has 18 heavy (non-hydrogen) atoms. The van der Waals surface area contributed by atoms with Crippen molar-refractivity contribution in [3.63, 3.8) is 0 Å². The molecule has 5 heteroatoms. The van der Waals surface area contributed by atoms with Crippen molar-refractivity contribution in [1.82, 2.24) is 0 Å². The lowest BCUT2D eigenvalue weighted by atomic mass is 9.94. The lowest BCUT2D eigenvalue weighted by Crippen LogP contribution is -2.35. The molecule has 0 aliphatic carbocycles. The fourth-order valence-electron chi connectivity index (χ4n) is 1.71. The van der Waals surface area contributed by atoms with Crippen molar-refractivity contribution in [2.45, 2.75) is 32.2 Å². The normalized spacial score (nSPS) is 14.0. The molecule has 0 fully saturated rings. The molecule has 0 aromatic heterocycles. The van der Waals surface area contributed by atoms with Crippen molar-refractivity contribution in [2.24, 2.45) is 0 Å². The van der Waals surface area contributed by atoms with Crippen molar-refractivity contribution in [3.8, 4) is 0 Å². The Balaban J connectivity index is 3.08. The lowest BCUT2D eigenvalue weighted by molar-refractivity contribution is 0.0698. The molecular weight excluding hydrogens is 254 g/mol. The van der Waals surface area contributed by atoms with Gasteiger partial charge < -0.3 is 15.5 Å². The van der Waals surface area contributed by atoms with E-state index in [1.807, 2.05) is 13.8 Å². The third kappa shape index (κ3) is 3.62. The number of halogens is 1. The molecule has 0 amide bonds. The summed E-state index contributed by atoms with van der Waals surface area (Å²) >= 11 is 5.89. The molecule has 1 aromatic rings. The van der Waals surface area contributed by atoms with E-state index in [9.17, 15) is 4.79 Å². The maximum absolute atomic E-state index is 11.1. The number of benzene rings is 1. The molecule has 0 spiro atoms. The quantitative estimate of drug-likeness (QED) is 0.744. The zero-order valence-corrected chi connectivity index (χ0v) is 11.3. The Morgan fingerprint density at radius 3 is 2.67 bits per heavy atom. The summed E-state index contributed by atoms with van der Waals surface area (Å²) < 4.78 is 0. The molecule has 0 saturated carbocycles. The fourth-order valence-corrected chi connectivity index (χ4v) is 1.88. The van der Waals surface area contributed by atoms with E-state index in [2.05, 4.69) is 5.32 Å². The van der Waals surface area contributed by atoms with Gasteiger partial charge in [0.05, 0.1) is 11.3 Å². The van der Waals surface area contributed by atoms with Gasteiger partial charge >= 0.3 is 5.97 Å². The number of nitrogens with one attached hydrogen (secondary N) is 1. The van der Waals surface area contributed by atoms with Crippen molar-refractivity contribution in [1.29, 1.82) is 0 Å². The summed E-state index contributed by atoms with van der Waals surface area (Å²) in [6.45, 7) is 3.96. The standard InChI is InChI=1S/C13H18ClNO3/c1-3-13(2,6-7-16)15-11-8-9(14)4-5-10(11)12(17)18/h4-5,8,15-16H,3,6-7H2,1-2H3,(H,17,18). The first-order valence-electron chi connectivity index (χ1n) is 5.84. The Morgan fingerprint density at radius 1 is 1.50 bits per heavy atom. The second-order valence-corrected chi connectivity index (χ2v) is 4.94. The summed E-state index contributed by atoms with van der Waals surface area (Å²) in [4.78, 5) is 11.1. The zero-order valence-electron chi connectivity index (χ0n) is 10.5. The Labute approximate surface area is 112 Å². The predicted molar refractivity (Wildman–Crippen MR) is 72.4 cm³/mol. The van der Waals surface area contributed by atoms with Crippen molar-refractivity contribution in [3.05, 3.63) is 28.8 Å². The molecule has 4 nitrogen and oxygen atoms in total. The van der Waals surface area contributed by atoms with Crippen molar-refractivity contribution < 1.29 is 15.0 Å². The highest BCUT2D eigenvalue weighted by Gasteiger charge is 2.23. The van der Waals surface area contributed by atoms with Crippen LogP contribution in [0.3, 0.4) is 0 Å². The van der Waals surface area contributed by atoms with Gasteiger partial charge in [-0.25, -0.2) is 4.79 Å². The smallest absolute Gasteiger partial charge is 0.337 e. The largest absolute Gasteiger partial charge is 0.478 e. The monoisotopic (exact) mass is 271 g/mol. The number of anilines is 1. The lowest BCUT2D eigenvalue weighted by Gasteiger charge is -2.31. The van der Waals surface area contributed by atoms with Gasteiger partial charge in [-0.15, -0.1) is 0 Å². The van der Waals surface area contributed by atoms with E-state index in [0.717, 1.165) is 6.42 Å². The molecule has 100 valence electrons. The number of carboxylic acids is 1. The molecule has 1 unspecified atom stereocenters. The molecule has 0 aliphatic heterocycles. The first kappa shape index (κ1) is 14.8. The summed E-state index contributed by atoms with van der Waals surface area (Å²) in [7, 11) is 0. The number of hydrogen-bond acceptors (Lipinski definition) is 3. The average Bonchev–Trinajstić information content (AvgIpc) is 2.29. The number of carboxylic acid groups (broad SMARTS) is 1. The van der Waals surface area contributed by atoms with Gasteiger partial charge in [0.15, 0.2) is 0 Å². The Hall–Kier alpha value is -1.26. The van der Waals surface area contributed by atoms with Crippen LogP contribution in [-0.4, -0.2) is 28.3 Å². The van der Waals surface area contributed by atoms with Crippen LogP contribution in [0.15, 0.2) is 18.2 Å². The molecule has 3 N–H and O–H groups in total. The van der Waals surface area contributed by atoms with Gasteiger partial charge in [-0.2, -0.15) is 0 Å². The van der Waals surface area contributed by atoms with Gasteiger partial charge in [0.25, 0.3) is 0 Å². The number of aliphatic hydroxyl groups excluding tert-OH is 1. The second-order valence-electron chi connectivity index (χ2n) is 4.51. The Morgan fingerprint density at radius 2 is 2.17 bits per heavy atom. The molecule has 0 aliphatic rings. The van der Waals surface area contributed by atoms with Crippen molar-refractivity contribution in [2.75, 3.05) is 11.9 Å². The van der Waals surface area contributed by atoms with Crippen LogP contribution in [-0.2, 0) is 0 Å². The fraction of sp³-hybridized carbons (Fsp3) is 0.462. The third-order valence-electron chi connectivity index (χ3n) is 3.09. The molecule has 0 saturated heterocycles. The first-order valence-corrected chi connectivity index (χ1v) is 6.21. The third-order valence-corrected chi connectivity index (χ3v) is 3.33. The number of hydrogen-bond donors (Lipinski definition) is 3. The maximum atomic E-state index is 11.1. The van der Waals surface area contributed by atoms with Gasteiger partial charge in [0.2, 0.25) is 0 Å². The average molecular weight is 272 g/mol. The number of rotatable bonds is 6. The molecule has 0 radical (unpaired) electrons. The van der Waals surface area contributed by atoms with Crippen LogP contribution >= 0.6 is 11.6 Å². The zero-order chi connectivity index (χ0) is 13.8. The van der Waals surface area contributed by atoms with Crippen LogP contribution in [0.5, 0.6) is 0 Å². The summed E-state index contributed by atoms with van der Waals surface area (Å²) in [6, 6.07) is 4.61. The van der Waals surface area contributed by atoms with Gasteiger partial charge in [0, 0.05) is 17.2 Å². The van der Waals surface area contributed by atoms with Crippen LogP contribution in [0.4, 0.5) is 5.69 Å². The first-order chi connectivity index (χ1) is 8.41. The number of carbonyl (C=O) groups is 1. The topological polar surface area (TPSA) is 69.6 Å². The van der Waals surface area contributed by atoms with E-state index in [4.69, 9.17) is 21.8 Å². The molecule has 0 heterocycles.